The zero-order valence-corrected chi connectivity index (χ0v) is 11.2. The summed E-state index contributed by atoms with van der Waals surface area (Å²) < 4.78 is 5.11. The Labute approximate surface area is 112 Å². The number of methoxy groups -OCH3 is 1. The van der Waals surface area contributed by atoms with E-state index in [0.29, 0.717) is 16.5 Å². The van der Waals surface area contributed by atoms with Crippen LogP contribution < -0.4 is 10.1 Å². The first kappa shape index (κ1) is 13.0. The van der Waals surface area contributed by atoms with Gasteiger partial charge in [-0.1, -0.05) is 11.6 Å². The van der Waals surface area contributed by atoms with E-state index in [2.05, 4.69) is 5.32 Å². The normalized spacial score (nSPS) is 15.3. The third kappa shape index (κ3) is 3.07. The van der Waals surface area contributed by atoms with Crippen LogP contribution in [0.25, 0.3) is 0 Å². The quantitative estimate of drug-likeness (QED) is 0.894. The number of carbonyl (C=O) groups excluding carboxylic acids is 1. The molecule has 98 valence electrons. The second-order valence-electron chi connectivity index (χ2n) is 4.32. The van der Waals surface area contributed by atoms with E-state index in [9.17, 15) is 4.79 Å². The fourth-order valence-electron chi connectivity index (χ4n) is 2.02. The number of anilines is 1. The molecule has 0 bridgehead atoms. The van der Waals surface area contributed by atoms with Gasteiger partial charge in [-0.2, -0.15) is 0 Å². The molecule has 1 aliphatic rings. The van der Waals surface area contributed by atoms with Crippen LogP contribution in [0.2, 0.25) is 5.02 Å². The van der Waals surface area contributed by atoms with E-state index in [1.54, 1.807) is 25.3 Å². The molecular formula is C13H17ClN2O2. The summed E-state index contributed by atoms with van der Waals surface area (Å²) in [6.45, 7) is 1.63. The van der Waals surface area contributed by atoms with E-state index in [1.165, 1.54) is 6.42 Å². The van der Waals surface area contributed by atoms with Crippen LogP contribution in [0.15, 0.2) is 18.2 Å². The van der Waals surface area contributed by atoms with Crippen LogP contribution in [0.4, 0.5) is 10.5 Å². The van der Waals surface area contributed by atoms with Gasteiger partial charge in [-0.3, -0.25) is 0 Å². The van der Waals surface area contributed by atoms with Crippen molar-refractivity contribution in [2.45, 2.75) is 19.3 Å². The summed E-state index contributed by atoms with van der Waals surface area (Å²) in [6, 6.07) is 5.11. The third-order valence-electron chi connectivity index (χ3n) is 3.06. The number of piperidine rings is 1. The Bertz CT molecular complexity index is 431. The van der Waals surface area contributed by atoms with E-state index < -0.39 is 0 Å². The largest absolute Gasteiger partial charge is 0.497 e. The maximum atomic E-state index is 12.0. The highest BCUT2D eigenvalue weighted by molar-refractivity contribution is 6.33. The minimum absolute atomic E-state index is 0.0927. The van der Waals surface area contributed by atoms with Gasteiger partial charge >= 0.3 is 6.03 Å². The van der Waals surface area contributed by atoms with Gasteiger partial charge in [0.1, 0.15) is 5.75 Å². The number of nitrogens with zero attached hydrogens (tertiary/aromatic N) is 1. The van der Waals surface area contributed by atoms with Gasteiger partial charge in [0.15, 0.2) is 0 Å². The van der Waals surface area contributed by atoms with Crippen LogP contribution in [0.3, 0.4) is 0 Å². The number of hydrogen-bond donors (Lipinski definition) is 1. The topological polar surface area (TPSA) is 41.6 Å². The minimum Gasteiger partial charge on any atom is -0.497 e. The van der Waals surface area contributed by atoms with Crippen molar-refractivity contribution >= 4 is 23.3 Å². The van der Waals surface area contributed by atoms with Gasteiger partial charge in [0.2, 0.25) is 0 Å². The molecule has 0 saturated carbocycles. The molecule has 2 amide bonds. The predicted molar refractivity (Wildman–Crippen MR) is 72.4 cm³/mol. The van der Waals surface area contributed by atoms with Gasteiger partial charge in [0, 0.05) is 19.2 Å². The number of urea groups is 1. The zero-order valence-electron chi connectivity index (χ0n) is 10.4. The Kier molecular flexibility index (Phi) is 4.31. The first-order valence-corrected chi connectivity index (χ1v) is 6.48. The van der Waals surface area contributed by atoms with E-state index in [-0.39, 0.29) is 6.03 Å². The highest BCUT2D eigenvalue weighted by Crippen LogP contribution is 2.27. The number of nitrogens with one attached hydrogen (secondary N) is 1. The molecule has 4 nitrogen and oxygen atoms in total. The molecule has 2 rings (SSSR count). The lowest BCUT2D eigenvalue weighted by Gasteiger charge is -2.27. The summed E-state index contributed by atoms with van der Waals surface area (Å²) in [5, 5.41) is 3.34. The predicted octanol–water partition coefficient (Wildman–Crippen LogP) is 3.37. The molecule has 0 spiro atoms. The standard InChI is InChI=1S/C13H17ClN2O2/c1-18-10-5-6-11(14)12(9-10)15-13(17)16-7-3-2-4-8-16/h5-6,9H,2-4,7-8H2,1H3,(H,15,17). The van der Waals surface area contributed by atoms with E-state index in [4.69, 9.17) is 16.3 Å². The van der Waals surface area contributed by atoms with Crippen LogP contribution in [0.5, 0.6) is 5.75 Å². The van der Waals surface area contributed by atoms with Crippen molar-refractivity contribution in [3.63, 3.8) is 0 Å². The Morgan fingerprint density at radius 2 is 2.06 bits per heavy atom. The molecular weight excluding hydrogens is 252 g/mol. The van der Waals surface area contributed by atoms with Crippen LogP contribution in [0.1, 0.15) is 19.3 Å². The molecule has 1 aliphatic heterocycles. The Balaban J connectivity index is 2.05. The van der Waals surface area contributed by atoms with Gasteiger partial charge < -0.3 is 15.0 Å². The van der Waals surface area contributed by atoms with Crippen molar-refractivity contribution in [1.82, 2.24) is 4.90 Å². The number of likely N-dealkylation sites (tertiary alicyclic amines) is 1. The van der Waals surface area contributed by atoms with E-state index >= 15 is 0 Å². The van der Waals surface area contributed by atoms with Crippen molar-refractivity contribution in [3.8, 4) is 5.75 Å². The first-order valence-electron chi connectivity index (χ1n) is 6.10. The van der Waals surface area contributed by atoms with Crippen LogP contribution in [0, 0.1) is 0 Å². The highest BCUT2D eigenvalue weighted by atomic mass is 35.5. The molecule has 0 unspecified atom stereocenters. The summed E-state index contributed by atoms with van der Waals surface area (Å²) in [5.41, 5.74) is 0.589. The number of amides is 2. The SMILES string of the molecule is COc1ccc(Cl)c(NC(=O)N2CCCCC2)c1. The van der Waals surface area contributed by atoms with Crippen LogP contribution in [-0.4, -0.2) is 31.1 Å². The van der Waals surface area contributed by atoms with Gasteiger partial charge in [-0.25, -0.2) is 4.79 Å². The minimum atomic E-state index is -0.0927. The molecule has 1 heterocycles. The lowest BCUT2D eigenvalue weighted by Crippen LogP contribution is -2.38. The molecule has 0 atom stereocenters. The van der Waals surface area contributed by atoms with Gasteiger partial charge in [-0.15, -0.1) is 0 Å². The number of ether oxygens (including phenoxy) is 1. The molecule has 0 aromatic heterocycles. The lowest BCUT2D eigenvalue weighted by molar-refractivity contribution is 0.200. The smallest absolute Gasteiger partial charge is 0.321 e. The molecule has 1 N–H and O–H groups in total. The molecule has 0 radical (unpaired) electrons. The van der Waals surface area contributed by atoms with Crippen molar-refractivity contribution in [1.29, 1.82) is 0 Å². The molecule has 1 aromatic rings. The number of hydrogen-bond acceptors (Lipinski definition) is 2. The second-order valence-corrected chi connectivity index (χ2v) is 4.73. The Morgan fingerprint density at radius 1 is 1.33 bits per heavy atom. The van der Waals surface area contributed by atoms with Crippen molar-refractivity contribution in [3.05, 3.63) is 23.2 Å². The number of benzene rings is 1. The molecule has 18 heavy (non-hydrogen) atoms. The van der Waals surface area contributed by atoms with E-state index in [0.717, 1.165) is 25.9 Å². The number of halogens is 1. The summed E-state index contributed by atoms with van der Waals surface area (Å²) in [5.74, 6) is 0.674. The Morgan fingerprint density at radius 3 is 2.72 bits per heavy atom. The lowest BCUT2D eigenvalue weighted by atomic mass is 10.1. The first-order chi connectivity index (χ1) is 8.70. The summed E-state index contributed by atoms with van der Waals surface area (Å²) in [6.07, 6.45) is 3.34. The fraction of sp³-hybridized carbons (Fsp3) is 0.462. The molecule has 1 saturated heterocycles. The molecule has 1 fully saturated rings. The molecule has 1 aromatic carbocycles. The van der Waals surface area contributed by atoms with Gasteiger partial charge in [0.25, 0.3) is 0 Å². The zero-order chi connectivity index (χ0) is 13.0. The summed E-state index contributed by atoms with van der Waals surface area (Å²) in [4.78, 5) is 13.9. The van der Waals surface area contributed by atoms with Gasteiger partial charge in [0.05, 0.1) is 17.8 Å². The third-order valence-corrected chi connectivity index (χ3v) is 3.39. The molecule has 5 heteroatoms. The maximum absolute atomic E-state index is 12.0. The van der Waals surface area contributed by atoms with Crippen molar-refractivity contribution in [2.24, 2.45) is 0 Å². The summed E-state index contributed by atoms with van der Waals surface area (Å²) >= 11 is 6.05. The van der Waals surface area contributed by atoms with Crippen molar-refractivity contribution in [2.75, 3.05) is 25.5 Å². The summed E-state index contributed by atoms with van der Waals surface area (Å²) in [7, 11) is 1.58. The molecule has 0 aliphatic carbocycles. The van der Waals surface area contributed by atoms with Crippen molar-refractivity contribution < 1.29 is 9.53 Å². The number of carbonyl (C=O) groups is 1. The Hall–Kier alpha value is -1.42. The van der Waals surface area contributed by atoms with Crippen LogP contribution >= 0.6 is 11.6 Å². The van der Waals surface area contributed by atoms with Gasteiger partial charge in [-0.05, 0) is 31.4 Å². The monoisotopic (exact) mass is 268 g/mol. The second kappa shape index (κ2) is 5.96. The van der Waals surface area contributed by atoms with E-state index in [1.807, 2.05) is 4.90 Å². The average Bonchev–Trinajstić information content (AvgIpc) is 2.42. The highest BCUT2D eigenvalue weighted by Gasteiger charge is 2.17. The maximum Gasteiger partial charge on any atom is 0.321 e. The fourth-order valence-corrected chi connectivity index (χ4v) is 2.18. The number of rotatable bonds is 2. The average molecular weight is 269 g/mol. The van der Waals surface area contributed by atoms with Crippen LogP contribution in [-0.2, 0) is 0 Å².